The smallest absolute Gasteiger partial charge is 0.277 e. The SMILES string of the molecule is CC(=O)c1cc2cc(NC(=O)c3cn(CCOCCOCCOCCNC(=O)c4ccc(N)cc4)nn3)ccc2[nH]1. The third-order valence-corrected chi connectivity index (χ3v) is 5.94. The summed E-state index contributed by atoms with van der Waals surface area (Å²) in [5.41, 5.74) is 8.86. The van der Waals surface area contributed by atoms with Gasteiger partial charge in [-0.3, -0.25) is 14.4 Å². The van der Waals surface area contributed by atoms with Crippen molar-refractivity contribution in [2.24, 2.45) is 0 Å². The summed E-state index contributed by atoms with van der Waals surface area (Å²) >= 11 is 0. The minimum Gasteiger partial charge on any atom is -0.399 e. The number of H-pyrrole nitrogens is 1. The Labute approximate surface area is 236 Å². The van der Waals surface area contributed by atoms with Crippen LogP contribution >= 0.6 is 0 Å². The first-order valence-corrected chi connectivity index (χ1v) is 13.1. The number of anilines is 2. The number of amides is 2. The topological polar surface area (TPSA) is 175 Å². The zero-order valence-electron chi connectivity index (χ0n) is 22.7. The first-order chi connectivity index (χ1) is 19.9. The Morgan fingerprint density at radius 1 is 0.902 bits per heavy atom. The van der Waals surface area contributed by atoms with E-state index >= 15 is 0 Å². The van der Waals surface area contributed by atoms with Crippen LogP contribution in [0.3, 0.4) is 0 Å². The number of Topliss-reactive ketones (excluding diaryl/α,β-unsaturated/α-hetero) is 1. The number of nitrogens with zero attached hydrogens (tertiary/aromatic N) is 3. The molecule has 5 N–H and O–H groups in total. The molecule has 2 amide bonds. The van der Waals surface area contributed by atoms with Gasteiger partial charge in [-0.05, 0) is 48.5 Å². The highest BCUT2D eigenvalue weighted by molar-refractivity contribution is 6.04. The number of aromatic amines is 1. The van der Waals surface area contributed by atoms with Gasteiger partial charge >= 0.3 is 0 Å². The lowest BCUT2D eigenvalue weighted by Gasteiger charge is -2.08. The highest BCUT2D eigenvalue weighted by atomic mass is 16.5. The largest absolute Gasteiger partial charge is 0.399 e. The fourth-order valence-electron chi connectivity index (χ4n) is 3.78. The minimum atomic E-state index is -0.390. The van der Waals surface area contributed by atoms with E-state index in [-0.39, 0.29) is 17.4 Å². The van der Waals surface area contributed by atoms with Crippen LogP contribution in [0.15, 0.2) is 54.7 Å². The molecule has 0 unspecified atom stereocenters. The molecule has 0 aliphatic rings. The van der Waals surface area contributed by atoms with Crippen LogP contribution in [0.2, 0.25) is 0 Å². The molecule has 0 aliphatic heterocycles. The Hall–Kier alpha value is -4.59. The van der Waals surface area contributed by atoms with E-state index in [4.69, 9.17) is 19.9 Å². The fourth-order valence-corrected chi connectivity index (χ4v) is 3.78. The van der Waals surface area contributed by atoms with Crippen LogP contribution in [0, 0.1) is 0 Å². The van der Waals surface area contributed by atoms with Crippen molar-refractivity contribution in [2.45, 2.75) is 13.5 Å². The Morgan fingerprint density at radius 3 is 2.34 bits per heavy atom. The van der Waals surface area contributed by atoms with Crippen molar-refractivity contribution in [1.29, 1.82) is 0 Å². The predicted octanol–water partition coefficient (Wildman–Crippen LogP) is 2.28. The van der Waals surface area contributed by atoms with Crippen molar-refractivity contribution in [2.75, 3.05) is 57.2 Å². The van der Waals surface area contributed by atoms with Crippen molar-refractivity contribution in [3.63, 3.8) is 0 Å². The summed E-state index contributed by atoms with van der Waals surface area (Å²) in [5, 5.41) is 14.3. The summed E-state index contributed by atoms with van der Waals surface area (Å²) in [6, 6.07) is 13.8. The maximum Gasteiger partial charge on any atom is 0.277 e. The van der Waals surface area contributed by atoms with Gasteiger partial charge < -0.3 is 35.6 Å². The molecule has 13 nitrogen and oxygen atoms in total. The van der Waals surface area contributed by atoms with Gasteiger partial charge in [0.15, 0.2) is 11.5 Å². The first-order valence-electron chi connectivity index (χ1n) is 13.1. The van der Waals surface area contributed by atoms with E-state index in [0.29, 0.717) is 75.4 Å². The molecule has 2 heterocycles. The molecule has 2 aromatic heterocycles. The number of nitrogens with one attached hydrogen (secondary N) is 3. The average molecular weight is 564 g/mol. The molecule has 2 aromatic carbocycles. The number of fused-ring (bicyclic) bond motifs is 1. The number of hydrogen-bond donors (Lipinski definition) is 4. The number of benzene rings is 2. The number of ether oxygens (including phenoxy) is 3. The van der Waals surface area contributed by atoms with Crippen LogP contribution in [0.25, 0.3) is 10.9 Å². The van der Waals surface area contributed by atoms with Gasteiger partial charge in [0.1, 0.15) is 0 Å². The van der Waals surface area contributed by atoms with Gasteiger partial charge in [0.05, 0.1) is 58.1 Å². The van der Waals surface area contributed by atoms with Gasteiger partial charge in [-0.1, -0.05) is 5.21 Å². The highest BCUT2D eigenvalue weighted by Gasteiger charge is 2.12. The maximum absolute atomic E-state index is 12.6. The van der Waals surface area contributed by atoms with Crippen LogP contribution in [0.5, 0.6) is 0 Å². The highest BCUT2D eigenvalue weighted by Crippen LogP contribution is 2.21. The lowest BCUT2D eigenvalue weighted by atomic mass is 10.2. The van der Waals surface area contributed by atoms with Crippen molar-refractivity contribution in [3.8, 4) is 0 Å². The molecule has 4 rings (SSSR count). The Kier molecular flexibility index (Phi) is 10.5. The Morgan fingerprint density at radius 2 is 1.61 bits per heavy atom. The summed E-state index contributed by atoms with van der Waals surface area (Å²) in [7, 11) is 0. The third kappa shape index (κ3) is 8.96. The standard InChI is InChI=1S/C28H33N7O6/c1-19(36)25-17-21-16-23(6-7-24(21)32-25)31-28(38)26-18-35(34-33-26)9-11-40-13-15-41-14-12-39-10-8-30-27(37)20-2-4-22(29)5-3-20/h2-7,16-18,32H,8-15,29H2,1H3,(H,30,37)(H,31,38). The van der Waals surface area contributed by atoms with E-state index in [1.165, 1.54) is 11.6 Å². The first kappa shape index (κ1) is 29.4. The molecular formula is C28H33N7O6. The van der Waals surface area contributed by atoms with Gasteiger partial charge in [0.25, 0.3) is 11.8 Å². The van der Waals surface area contributed by atoms with Crippen molar-refractivity contribution in [3.05, 3.63) is 71.7 Å². The molecule has 0 aliphatic carbocycles. The molecule has 0 fully saturated rings. The monoisotopic (exact) mass is 563 g/mol. The molecule has 0 spiro atoms. The van der Waals surface area contributed by atoms with E-state index in [0.717, 1.165) is 10.9 Å². The average Bonchev–Trinajstić information content (AvgIpc) is 3.61. The molecule has 0 atom stereocenters. The van der Waals surface area contributed by atoms with E-state index in [1.807, 2.05) is 0 Å². The predicted molar refractivity (Wildman–Crippen MR) is 152 cm³/mol. The molecule has 41 heavy (non-hydrogen) atoms. The summed E-state index contributed by atoms with van der Waals surface area (Å²) < 4.78 is 18.0. The molecular weight excluding hydrogens is 530 g/mol. The number of nitrogen functional groups attached to an aromatic ring is 1. The summed E-state index contributed by atoms with van der Waals surface area (Å²) in [5.74, 6) is -0.626. The zero-order chi connectivity index (χ0) is 29.0. The van der Waals surface area contributed by atoms with Crippen molar-refractivity contribution < 1.29 is 28.6 Å². The van der Waals surface area contributed by atoms with Crippen LogP contribution in [-0.2, 0) is 20.8 Å². The lowest BCUT2D eigenvalue weighted by Crippen LogP contribution is -2.27. The van der Waals surface area contributed by atoms with E-state index in [2.05, 4.69) is 25.9 Å². The number of carbonyl (C=O) groups is 3. The van der Waals surface area contributed by atoms with Gasteiger partial charge in [-0.15, -0.1) is 5.10 Å². The van der Waals surface area contributed by atoms with Gasteiger partial charge in [0.2, 0.25) is 0 Å². The van der Waals surface area contributed by atoms with E-state index in [9.17, 15) is 14.4 Å². The number of nitrogens with two attached hydrogens (primary N) is 1. The third-order valence-electron chi connectivity index (χ3n) is 5.94. The van der Waals surface area contributed by atoms with Crippen molar-refractivity contribution >= 4 is 39.9 Å². The number of carbonyl (C=O) groups excluding carboxylic acids is 3. The van der Waals surface area contributed by atoms with Crippen LogP contribution < -0.4 is 16.4 Å². The number of aromatic nitrogens is 4. The Bertz CT molecular complexity index is 1460. The maximum atomic E-state index is 12.6. The normalized spacial score (nSPS) is 11.0. The summed E-state index contributed by atoms with van der Waals surface area (Å²) in [4.78, 5) is 39.1. The molecule has 0 bridgehead atoms. The molecule has 216 valence electrons. The molecule has 0 saturated heterocycles. The molecule has 13 heteroatoms. The molecule has 0 saturated carbocycles. The fraction of sp³-hybridized carbons (Fsp3) is 0.321. The lowest BCUT2D eigenvalue weighted by molar-refractivity contribution is 0.0133. The van der Waals surface area contributed by atoms with Gasteiger partial charge in [-0.2, -0.15) is 0 Å². The van der Waals surface area contributed by atoms with Crippen LogP contribution in [0.4, 0.5) is 11.4 Å². The number of hydrogen-bond acceptors (Lipinski definition) is 9. The van der Waals surface area contributed by atoms with Crippen molar-refractivity contribution in [1.82, 2.24) is 25.3 Å². The summed E-state index contributed by atoms with van der Waals surface area (Å²) in [6.45, 7) is 4.67. The molecule has 0 radical (unpaired) electrons. The van der Waals surface area contributed by atoms with Gasteiger partial charge in [-0.25, -0.2) is 4.68 Å². The second kappa shape index (κ2) is 14.7. The number of rotatable bonds is 16. The van der Waals surface area contributed by atoms with Crippen LogP contribution in [0.1, 0.15) is 38.3 Å². The molecule has 4 aromatic rings. The quantitative estimate of drug-likeness (QED) is 0.0905. The van der Waals surface area contributed by atoms with E-state index in [1.54, 1.807) is 54.7 Å². The second-order valence-electron chi connectivity index (χ2n) is 9.08. The second-order valence-corrected chi connectivity index (χ2v) is 9.08. The minimum absolute atomic E-state index is 0.0587. The summed E-state index contributed by atoms with van der Waals surface area (Å²) in [6.07, 6.45) is 1.55. The van der Waals surface area contributed by atoms with E-state index < -0.39 is 5.91 Å². The Balaban J connectivity index is 1.03. The van der Waals surface area contributed by atoms with Gasteiger partial charge in [0, 0.05) is 41.3 Å². The van der Waals surface area contributed by atoms with Crippen LogP contribution in [-0.4, -0.2) is 83.8 Å². The number of ketones is 1. The zero-order valence-corrected chi connectivity index (χ0v) is 22.7.